The van der Waals surface area contributed by atoms with E-state index in [1.165, 1.54) is 11.1 Å². The maximum absolute atomic E-state index is 10.5. The van der Waals surface area contributed by atoms with Crippen LogP contribution in [0.2, 0.25) is 0 Å². The Labute approximate surface area is 87.6 Å². The van der Waals surface area contributed by atoms with E-state index < -0.39 is 5.97 Å². The normalized spacial score (nSPS) is 9.40. The van der Waals surface area contributed by atoms with Crippen molar-refractivity contribution in [2.45, 2.75) is 6.92 Å². The molecule has 0 aliphatic heterocycles. The van der Waals surface area contributed by atoms with Gasteiger partial charge < -0.3 is 10.0 Å². The zero-order valence-corrected chi connectivity index (χ0v) is 8.56. The van der Waals surface area contributed by atoms with Gasteiger partial charge in [-0.1, -0.05) is 0 Å². The van der Waals surface area contributed by atoms with E-state index in [1.54, 1.807) is 20.0 Å². The first-order valence-electron chi connectivity index (χ1n) is 4.34. The fraction of sp³-hybridized carbons (Fsp3) is 0.300. The molecule has 0 aromatic carbocycles. The van der Waals surface area contributed by atoms with Crippen LogP contribution in [0.3, 0.4) is 0 Å². The van der Waals surface area contributed by atoms with Crippen molar-refractivity contribution in [2.24, 2.45) is 0 Å². The molecular formula is C10H11N3O2. The quantitative estimate of drug-likeness (QED) is 0.789. The molecule has 1 aromatic rings. The number of hydrogen-bond donors (Lipinski definition) is 1. The Morgan fingerprint density at radius 3 is 2.93 bits per heavy atom. The molecule has 0 atom stereocenters. The molecule has 5 heteroatoms. The highest BCUT2D eigenvalue weighted by atomic mass is 16.4. The first kappa shape index (κ1) is 11.0. The lowest BCUT2D eigenvalue weighted by Crippen LogP contribution is -2.26. The molecule has 15 heavy (non-hydrogen) atoms. The number of pyridine rings is 1. The molecule has 0 aliphatic rings. The van der Waals surface area contributed by atoms with Gasteiger partial charge in [-0.2, -0.15) is 5.26 Å². The fourth-order valence-corrected chi connectivity index (χ4v) is 1.24. The van der Waals surface area contributed by atoms with Crippen molar-refractivity contribution in [2.75, 3.05) is 18.5 Å². The third-order valence-electron chi connectivity index (χ3n) is 1.92. The summed E-state index contributed by atoms with van der Waals surface area (Å²) in [6.07, 6.45) is 1.45. The lowest BCUT2D eigenvalue weighted by Gasteiger charge is -2.18. The van der Waals surface area contributed by atoms with Crippen LogP contribution >= 0.6 is 0 Å². The largest absolute Gasteiger partial charge is 0.480 e. The second kappa shape index (κ2) is 4.42. The highest BCUT2D eigenvalue weighted by Crippen LogP contribution is 2.18. The molecule has 1 N–H and O–H groups in total. The van der Waals surface area contributed by atoms with Crippen LogP contribution in [0.15, 0.2) is 12.3 Å². The van der Waals surface area contributed by atoms with Crippen molar-refractivity contribution in [3.05, 3.63) is 23.5 Å². The Bertz CT molecular complexity index is 423. The topological polar surface area (TPSA) is 77.2 Å². The predicted molar refractivity (Wildman–Crippen MR) is 54.6 cm³/mol. The molecule has 1 heterocycles. The second-order valence-electron chi connectivity index (χ2n) is 3.20. The van der Waals surface area contributed by atoms with Crippen LogP contribution in [0.4, 0.5) is 5.69 Å². The van der Waals surface area contributed by atoms with Crippen LogP contribution < -0.4 is 4.90 Å². The molecule has 0 saturated carbocycles. The van der Waals surface area contributed by atoms with E-state index in [9.17, 15) is 4.79 Å². The molecule has 1 rings (SSSR count). The predicted octanol–water partition coefficient (Wildman–Crippen LogP) is 0.782. The van der Waals surface area contributed by atoms with Crippen molar-refractivity contribution in [1.29, 1.82) is 5.26 Å². The number of carboxylic acids is 1. The first-order chi connectivity index (χ1) is 7.04. The molecule has 0 saturated heterocycles. The minimum atomic E-state index is -0.934. The van der Waals surface area contributed by atoms with Gasteiger partial charge in [0.1, 0.15) is 12.6 Å². The lowest BCUT2D eigenvalue weighted by molar-refractivity contribution is -0.135. The van der Waals surface area contributed by atoms with Crippen molar-refractivity contribution in [3.8, 4) is 6.07 Å². The SMILES string of the molecule is Cc1cc(N(C)CC(=O)O)c(C#N)cn1. The Hall–Kier alpha value is -2.09. The summed E-state index contributed by atoms with van der Waals surface area (Å²) in [5.41, 5.74) is 1.72. The van der Waals surface area contributed by atoms with Gasteiger partial charge in [-0.15, -0.1) is 0 Å². The van der Waals surface area contributed by atoms with Crippen molar-refractivity contribution in [3.63, 3.8) is 0 Å². The standard InChI is InChI=1S/C10H11N3O2/c1-7-3-9(8(4-11)5-12-7)13(2)6-10(14)15/h3,5H,6H2,1-2H3,(H,14,15). The van der Waals surface area contributed by atoms with E-state index in [0.29, 0.717) is 11.3 Å². The molecule has 0 amide bonds. The summed E-state index contributed by atoms with van der Waals surface area (Å²) in [7, 11) is 1.63. The van der Waals surface area contributed by atoms with Crippen molar-refractivity contribution in [1.82, 2.24) is 4.98 Å². The number of aryl methyl sites for hydroxylation is 1. The van der Waals surface area contributed by atoms with Gasteiger partial charge in [0.05, 0.1) is 11.3 Å². The molecule has 5 nitrogen and oxygen atoms in total. The summed E-state index contributed by atoms with van der Waals surface area (Å²) < 4.78 is 0. The number of likely N-dealkylation sites (N-methyl/N-ethyl adjacent to an activating group) is 1. The number of hydrogen-bond acceptors (Lipinski definition) is 4. The van der Waals surface area contributed by atoms with Crippen molar-refractivity contribution < 1.29 is 9.90 Å². The fourth-order valence-electron chi connectivity index (χ4n) is 1.24. The van der Waals surface area contributed by atoms with Crippen LogP contribution in [0.25, 0.3) is 0 Å². The van der Waals surface area contributed by atoms with Crippen LogP contribution in [0.1, 0.15) is 11.3 Å². The monoisotopic (exact) mass is 205 g/mol. The zero-order chi connectivity index (χ0) is 11.4. The zero-order valence-electron chi connectivity index (χ0n) is 8.56. The average Bonchev–Trinajstić information content (AvgIpc) is 2.16. The molecule has 0 fully saturated rings. The van der Waals surface area contributed by atoms with Gasteiger partial charge in [-0.05, 0) is 13.0 Å². The minimum absolute atomic E-state index is 0.141. The van der Waals surface area contributed by atoms with E-state index in [1.807, 2.05) is 6.07 Å². The van der Waals surface area contributed by atoms with Crippen LogP contribution in [-0.4, -0.2) is 29.7 Å². The molecule has 1 aromatic heterocycles. The van der Waals surface area contributed by atoms with E-state index in [-0.39, 0.29) is 6.54 Å². The van der Waals surface area contributed by atoms with Gasteiger partial charge in [0, 0.05) is 18.9 Å². The van der Waals surface area contributed by atoms with Gasteiger partial charge in [0.25, 0.3) is 0 Å². The summed E-state index contributed by atoms with van der Waals surface area (Å²) in [6.45, 7) is 1.65. The molecular weight excluding hydrogens is 194 g/mol. The molecule has 0 aliphatic carbocycles. The third kappa shape index (κ3) is 2.68. The highest BCUT2D eigenvalue weighted by Gasteiger charge is 2.10. The Kier molecular flexibility index (Phi) is 3.24. The van der Waals surface area contributed by atoms with E-state index >= 15 is 0 Å². The molecule has 78 valence electrons. The van der Waals surface area contributed by atoms with Gasteiger partial charge in [-0.25, -0.2) is 0 Å². The summed E-state index contributed by atoms with van der Waals surface area (Å²) >= 11 is 0. The number of anilines is 1. The Morgan fingerprint density at radius 2 is 2.40 bits per heavy atom. The summed E-state index contributed by atoms with van der Waals surface area (Å²) in [4.78, 5) is 16.0. The lowest BCUT2D eigenvalue weighted by atomic mass is 10.2. The molecule has 0 spiro atoms. The number of nitrogens with zero attached hydrogens (tertiary/aromatic N) is 3. The van der Waals surface area contributed by atoms with Gasteiger partial charge >= 0.3 is 5.97 Å². The summed E-state index contributed by atoms with van der Waals surface area (Å²) in [5, 5.41) is 17.5. The first-order valence-corrected chi connectivity index (χ1v) is 4.34. The number of nitriles is 1. The molecule has 0 bridgehead atoms. The van der Waals surface area contributed by atoms with E-state index in [0.717, 1.165) is 5.69 Å². The van der Waals surface area contributed by atoms with E-state index in [2.05, 4.69) is 4.98 Å². The van der Waals surface area contributed by atoms with Crippen LogP contribution in [0, 0.1) is 18.3 Å². The van der Waals surface area contributed by atoms with Crippen molar-refractivity contribution >= 4 is 11.7 Å². The number of aromatic nitrogens is 1. The maximum atomic E-state index is 10.5. The summed E-state index contributed by atoms with van der Waals surface area (Å²) in [6, 6.07) is 3.68. The maximum Gasteiger partial charge on any atom is 0.323 e. The second-order valence-corrected chi connectivity index (χ2v) is 3.20. The Balaban J connectivity index is 3.06. The minimum Gasteiger partial charge on any atom is -0.480 e. The average molecular weight is 205 g/mol. The summed E-state index contributed by atoms with van der Waals surface area (Å²) in [5.74, 6) is -0.934. The molecule has 0 radical (unpaired) electrons. The highest BCUT2D eigenvalue weighted by molar-refractivity contribution is 5.74. The van der Waals surface area contributed by atoms with Gasteiger partial charge in [0.2, 0.25) is 0 Å². The number of aliphatic carboxylic acids is 1. The number of carbonyl (C=O) groups is 1. The van der Waals surface area contributed by atoms with Gasteiger partial charge in [0.15, 0.2) is 0 Å². The Morgan fingerprint density at radius 1 is 1.73 bits per heavy atom. The number of rotatable bonds is 3. The molecule has 0 unspecified atom stereocenters. The van der Waals surface area contributed by atoms with E-state index in [4.69, 9.17) is 10.4 Å². The van der Waals surface area contributed by atoms with Crippen LogP contribution in [-0.2, 0) is 4.79 Å². The van der Waals surface area contributed by atoms with Crippen LogP contribution in [0.5, 0.6) is 0 Å². The van der Waals surface area contributed by atoms with Gasteiger partial charge in [-0.3, -0.25) is 9.78 Å². The smallest absolute Gasteiger partial charge is 0.323 e. The third-order valence-corrected chi connectivity index (χ3v) is 1.92. The number of carboxylic acid groups (broad SMARTS) is 1.